The van der Waals surface area contributed by atoms with E-state index < -0.39 is 11.9 Å². The maximum Gasteiger partial charge on any atom is 0.304 e. The number of fused-ring (bicyclic) bond motifs is 1. The molecule has 1 saturated heterocycles. The highest BCUT2D eigenvalue weighted by Crippen LogP contribution is 2.37. The van der Waals surface area contributed by atoms with Gasteiger partial charge in [-0.05, 0) is 52.9 Å². The Morgan fingerprint density at radius 1 is 1.11 bits per heavy atom. The Hall–Kier alpha value is -2.87. The van der Waals surface area contributed by atoms with E-state index >= 15 is 0 Å². The summed E-state index contributed by atoms with van der Waals surface area (Å²) in [4.78, 5) is 38.6. The summed E-state index contributed by atoms with van der Waals surface area (Å²) in [6, 6.07) is 12.7. The third-order valence-electron chi connectivity index (χ3n) is 6.11. The Bertz CT molecular complexity index is 1270. The van der Waals surface area contributed by atoms with Crippen LogP contribution < -0.4 is 5.32 Å². The van der Waals surface area contributed by atoms with Gasteiger partial charge in [0.2, 0.25) is 11.8 Å². The maximum absolute atomic E-state index is 12.9. The van der Waals surface area contributed by atoms with Gasteiger partial charge in [0.25, 0.3) is 0 Å². The van der Waals surface area contributed by atoms with Gasteiger partial charge in [0, 0.05) is 25.2 Å². The third-order valence-corrected chi connectivity index (χ3v) is 8.05. The molecule has 6 nitrogen and oxygen atoms in total. The number of nitrogens with zero attached hydrogens (tertiary/aromatic N) is 1. The van der Waals surface area contributed by atoms with Crippen molar-refractivity contribution in [2.75, 3.05) is 13.1 Å². The molecule has 0 radical (unpaired) electrons. The first kappa shape index (κ1) is 25.2. The van der Waals surface area contributed by atoms with E-state index in [4.69, 9.17) is 23.2 Å². The monoisotopic (exact) mass is 530 g/mol. The molecule has 2 heterocycles. The van der Waals surface area contributed by atoms with Crippen LogP contribution in [-0.2, 0) is 14.4 Å². The van der Waals surface area contributed by atoms with E-state index in [-0.39, 0.29) is 24.3 Å². The highest BCUT2D eigenvalue weighted by Gasteiger charge is 2.28. The Morgan fingerprint density at radius 2 is 1.83 bits per heavy atom. The summed E-state index contributed by atoms with van der Waals surface area (Å²) in [6.07, 6.45) is 4.08. The first-order valence-electron chi connectivity index (χ1n) is 11.2. The number of rotatable bonds is 7. The van der Waals surface area contributed by atoms with Crippen LogP contribution in [0.4, 0.5) is 0 Å². The van der Waals surface area contributed by atoms with Gasteiger partial charge in [-0.1, -0.05) is 53.5 Å². The Balaban J connectivity index is 1.34. The summed E-state index contributed by atoms with van der Waals surface area (Å²) >= 11 is 14.3. The summed E-state index contributed by atoms with van der Waals surface area (Å²) in [7, 11) is 0. The SMILES string of the molecule is O=C(O)CC(C(=O)NC1CCN(C(=O)C=Cc2cc3ccsc3c(Cl)c2Cl)CC1)c1ccccc1. The largest absolute Gasteiger partial charge is 0.481 e. The number of amides is 2. The van der Waals surface area contributed by atoms with Gasteiger partial charge >= 0.3 is 5.97 Å². The number of nitrogens with one attached hydrogen (secondary N) is 1. The van der Waals surface area contributed by atoms with Crippen molar-refractivity contribution in [3.8, 4) is 0 Å². The summed E-state index contributed by atoms with van der Waals surface area (Å²) in [5.41, 5.74) is 1.35. The van der Waals surface area contributed by atoms with Crippen LogP contribution in [0.15, 0.2) is 53.9 Å². The van der Waals surface area contributed by atoms with Crippen molar-refractivity contribution in [3.63, 3.8) is 0 Å². The zero-order valence-electron chi connectivity index (χ0n) is 18.7. The lowest BCUT2D eigenvalue weighted by molar-refractivity contribution is -0.140. The third kappa shape index (κ3) is 6.04. The van der Waals surface area contributed by atoms with Gasteiger partial charge in [-0.15, -0.1) is 11.3 Å². The van der Waals surface area contributed by atoms with E-state index in [9.17, 15) is 19.5 Å². The van der Waals surface area contributed by atoms with Crippen LogP contribution in [0.1, 0.15) is 36.3 Å². The van der Waals surface area contributed by atoms with Crippen LogP contribution in [0, 0.1) is 0 Å². The molecule has 2 aromatic carbocycles. The zero-order chi connectivity index (χ0) is 24.9. The van der Waals surface area contributed by atoms with E-state index in [0.29, 0.717) is 47.1 Å². The maximum atomic E-state index is 12.9. The number of likely N-dealkylation sites (tertiary alicyclic amines) is 1. The second kappa shape index (κ2) is 11.2. The molecule has 182 valence electrons. The number of carbonyl (C=O) groups is 3. The van der Waals surface area contributed by atoms with Crippen molar-refractivity contribution in [2.24, 2.45) is 0 Å². The fourth-order valence-corrected chi connectivity index (χ4v) is 5.66. The molecule has 1 atom stereocenters. The topological polar surface area (TPSA) is 86.7 Å². The molecule has 0 spiro atoms. The Kier molecular flexibility index (Phi) is 8.11. The molecule has 0 bridgehead atoms. The molecule has 1 aromatic heterocycles. The van der Waals surface area contributed by atoms with Crippen LogP contribution in [0.5, 0.6) is 0 Å². The normalized spacial score (nSPS) is 15.4. The number of carboxylic acids is 1. The first-order chi connectivity index (χ1) is 16.8. The lowest BCUT2D eigenvalue weighted by atomic mass is 9.93. The standard InChI is InChI=1S/C26H24Cl2N2O4S/c27-23-17(14-18-10-13-35-25(18)24(23)28)6-7-21(31)30-11-8-19(9-12-30)29-26(34)20(15-22(32)33)16-4-2-1-3-5-16/h1-7,10,13-14,19-20H,8-9,11-12,15H2,(H,29,34)(H,32,33). The quantitative estimate of drug-likeness (QED) is 0.390. The number of piperidine rings is 1. The fourth-order valence-electron chi connectivity index (χ4n) is 4.22. The number of hydrogen-bond acceptors (Lipinski definition) is 4. The number of halogens is 2. The second-order valence-electron chi connectivity index (χ2n) is 8.44. The molecular weight excluding hydrogens is 507 g/mol. The number of carboxylic acid groups (broad SMARTS) is 1. The predicted octanol–water partition coefficient (Wildman–Crippen LogP) is 5.59. The van der Waals surface area contributed by atoms with E-state index in [0.717, 1.165) is 10.1 Å². The van der Waals surface area contributed by atoms with Crippen LogP contribution in [0.25, 0.3) is 16.2 Å². The van der Waals surface area contributed by atoms with Crippen molar-refractivity contribution in [1.29, 1.82) is 0 Å². The van der Waals surface area contributed by atoms with Gasteiger partial charge in [-0.25, -0.2) is 0 Å². The van der Waals surface area contributed by atoms with Gasteiger partial charge in [-0.2, -0.15) is 0 Å². The predicted molar refractivity (Wildman–Crippen MR) is 140 cm³/mol. The number of hydrogen-bond donors (Lipinski definition) is 2. The van der Waals surface area contributed by atoms with E-state index in [1.807, 2.05) is 23.6 Å². The molecule has 0 saturated carbocycles. The van der Waals surface area contributed by atoms with Gasteiger partial charge in [0.05, 0.1) is 27.1 Å². The van der Waals surface area contributed by atoms with Crippen LogP contribution >= 0.6 is 34.5 Å². The highest BCUT2D eigenvalue weighted by atomic mass is 35.5. The molecule has 4 rings (SSSR count). The molecule has 1 unspecified atom stereocenters. The summed E-state index contributed by atoms with van der Waals surface area (Å²) in [5.74, 6) is -2.23. The minimum Gasteiger partial charge on any atom is -0.481 e. The molecule has 9 heteroatoms. The Labute approximate surface area is 217 Å². The lowest BCUT2D eigenvalue weighted by Crippen LogP contribution is -2.47. The molecule has 2 N–H and O–H groups in total. The second-order valence-corrected chi connectivity index (χ2v) is 10.1. The molecule has 2 amide bonds. The molecule has 3 aromatic rings. The zero-order valence-corrected chi connectivity index (χ0v) is 21.1. The number of aliphatic carboxylic acids is 1. The van der Waals surface area contributed by atoms with Crippen LogP contribution in [0.2, 0.25) is 10.0 Å². The van der Waals surface area contributed by atoms with Crippen molar-refractivity contribution >= 4 is 68.5 Å². The summed E-state index contributed by atoms with van der Waals surface area (Å²) < 4.78 is 0.919. The minimum absolute atomic E-state index is 0.121. The molecule has 1 aliphatic heterocycles. The van der Waals surface area contributed by atoms with Crippen molar-refractivity contribution < 1.29 is 19.5 Å². The van der Waals surface area contributed by atoms with Gasteiger partial charge in [0.15, 0.2) is 0 Å². The minimum atomic E-state index is -1.03. The van der Waals surface area contributed by atoms with Crippen molar-refractivity contribution in [2.45, 2.75) is 31.2 Å². The molecule has 0 aliphatic carbocycles. The Morgan fingerprint density at radius 3 is 2.51 bits per heavy atom. The van der Waals surface area contributed by atoms with Gasteiger partial charge in [-0.3, -0.25) is 14.4 Å². The van der Waals surface area contributed by atoms with Crippen molar-refractivity contribution in [1.82, 2.24) is 10.2 Å². The van der Waals surface area contributed by atoms with Gasteiger partial charge in [0.1, 0.15) is 0 Å². The average Bonchev–Trinajstić information content (AvgIpc) is 3.33. The molecule has 1 fully saturated rings. The highest BCUT2D eigenvalue weighted by molar-refractivity contribution is 7.18. The number of carbonyl (C=O) groups excluding carboxylic acids is 2. The summed E-state index contributed by atoms with van der Waals surface area (Å²) in [5, 5.41) is 16.1. The van der Waals surface area contributed by atoms with Gasteiger partial charge < -0.3 is 15.3 Å². The molecular formula is C26H24Cl2N2O4S. The average molecular weight is 531 g/mol. The van der Waals surface area contributed by atoms with Crippen LogP contribution in [-0.4, -0.2) is 46.9 Å². The smallest absolute Gasteiger partial charge is 0.304 e. The number of thiophene rings is 1. The van der Waals surface area contributed by atoms with E-state index in [1.54, 1.807) is 35.2 Å². The lowest BCUT2D eigenvalue weighted by Gasteiger charge is -2.32. The fraction of sp³-hybridized carbons (Fsp3) is 0.269. The van der Waals surface area contributed by atoms with E-state index in [1.165, 1.54) is 17.4 Å². The van der Waals surface area contributed by atoms with Crippen molar-refractivity contribution in [3.05, 3.63) is 75.1 Å². The first-order valence-corrected chi connectivity index (χ1v) is 12.9. The molecule has 35 heavy (non-hydrogen) atoms. The van der Waals surface area contributed by atoms with E-state index in [2.05, 4.69) is 5.32 Å². The molecule has 1 aliphatic rings. The van der Waals surface area contributed by atoms with Crippen LogP contribution in [0.3, 0.4) is 0 Å². The number of benzene rings is 2. The summed E-state index contributed by atoms with van der Waals surface area (Å²) in [6.45, 7) is 0.974.